The van der Waals surface area contributed by atoms with Gasteiger partial charge in [0.05, 0.1) is 12.0 Å². The predicted octanol–water partition coefficient (Wildman–Crippen LogP) is 2.44. The molecule has 1 heterocycles. The summed E-state index contributed by atoms with van der Waals surface area (Å²) in [7, 11) is -2.03. The summed E-state index contributed by atoms with van der Waals surface area (Å²) >= 11 is 0. The molecule has 1 N–H and O–H groups in total. The summed E-state index contributed by atoms with van der Waals surface area (Å²) in [5, 5.41) is 0. The first-order valence-electron chi connectivity index (χ1n) is 6.51. The average Bonchev–Trinajstić information content (AvgIpc) is 2.47. The third kappa shape index (κ3) is 3.59. The molecule has 2 rings (SSSR count). The molecule has 112 valence electrons. The van der Waals surface area contributed by atoms with Crippen LogP contribution in [0.15, 0.2) is 47.6 Å². The van der Waals surface area contributed by atoms with Crippen LogP contribution in [-0.2, 0) is 10.0 Å². The molecule has 0 saturated carbocycles. The second kappa shape index (κ2) is 6.24. The summed E-state index contributed by atoms with van der Waals surface area (Å²) in [6.07, 6.45) is 3.30. The maximum Gasteiger partial charge on any atom is 0.241 e. The van der Waals surface area contributed by atoms with Crippen LogP contribution in [-0.4, -0.2) is 20.5 Å². The topological polar surface area (TPSA) is 68.3 Å². The van der Waals surface area contributed by atoms with Gasteiger partial charge in [-0.1, -0.05) is 6.07 Å². The van der Waals surface area contributed by atoms with Crippen molar-refractivity contribution in [2.24, 2.45) is 0 Å². The lowest BCUT2D eigenvalue weighted by atomic mass is 10.2. The van der Waals surface area contributed by atoms with Crippen molar-refractivity contribution in [1.82, 2.24) is 9.71 Å². The third-order valence-electron chi connectivity index (χ3n) is 3.19. The van der Waals surface area contributed by atoms with E-state index in [0.717, 1.165) is 11.1 Å². The van der Waals surface area contributed by atoms with E-state index in [9.17, 15) is 8.42 Å². The SMILES string of the molecule is COc1ccc(S(=O)(=O)NC(C)c2cccnc2)cc1C. The van der Waals surface area contributed by atoms with Crippen LogP contribution in [0.1, 0.15) is 24.1 Å². The van der Waals surface area contributed by atoms with E-state index in [1.54, 1.807) is 44.6 Å². The Morgan fingerprint density at radius 1 is 1.29 bits per heavy atom. The second-order valence-electron chi connectivity index (χ2n) is 4.76. The largest absolute Gasteiger partial charge is 0.496 e. The molecule has 0 aliphatic rings. The van der Waals surface area contributed by atoms with Crippen molar-refractivity contribution in [3.8, 4) is 5.75 Å². The van der Waals surface area contributed by atoms with Crippen molar-refractivity contribution in [2.75, 3.05) is 7.11 Å². The number of hydrogen-bond acceptors (Lipinski definition) is 4. The molecule has 6 heteroatoms. The van der Waals surface area contributed by atoms with E-state index in [1.165, 1.54) is 6.07 Å². The zero-order valence-corrected chi connectivity index (χ0v) is 13.0. The monoisotopic (exact) mass is 306 g/mol. The van der Waals surface area contributed by atoms with Gasteiger partial charge in [-0.05, 0) is 49.2 Å². The lowest BCUT2D eigenvalue weighted by Gasteiger charge is -2.15. The Balaban J connectivity index is 2.24. The molecule has 0 aliphatic heterocycles. The summed E-state index contributed by atoms with van der Waals surface area (Å²) in [6, 6.07) is 8.03. The van der Waals surface area contributed by atoms with E-state index in [2.05, 4.69) is 9.71 Å². The number of hydrogen-bond donors (Lipinski definition) is 1. The quantitative estimate of drug-likeness (QED) is 0.921. The molecule has 21 heavy (non-hydrogen) atoms. The van der Waals surface area contributed by atoms with Gasteiger partial charge in [-0.25, -0.2) is 13.1 Å². The Kier molecular flexibility index (Phi) is 4.59. The van der Waals surface area contributed by atoms with Crippen LogP contribution in [0.4, 0.5) is 0 Å². The molecule has 1 aromatic carbocycles. The van der Waals surface area contributed by atoms with Gasteiger partial charge in [-0.2, -0.15) is 0 Å². The van der Waals surface area contributed by atoms with Gasteiger partial charge in [0.2, 0.25) is 10.0 Å². The zero-order chi connectivity index (χ0) is 15.5. The first-order chi connectivity index (χ1) is 9.94. The first kappa shape index (κ1) is 15.5. The lowest BCUT2D eigenvalue weighted by Crippen LogP contribution is -2.27. The highest BCUT2D eigenvalue weighted by Gasteiger charge is 2.19. The second-order valence-corrected chi connectivity index (χ2v) is 6.47. The highest BCUT2D eigenvalue weighted by Crippen LogP contribution is 2.22. The van der Waals surface area contributed by atoms with Crippen molar-refractivity contribution in [1.29, 1.82) is 0 Å². The standard InChI is InChI=1S/C15H18N2O3S/c1-11-9-14(6-7-15(11)20-3)21(18,19)17-12(2)13-5-4-8-16-10-13/h4-10,12,17H,1-3H3. The van der Waals surface area contributed by atoms with Crippen molar-refractivity contribution in [3.63, 3.8) is 0 Å². The number of ether oxygens (including phenoxy) is 1. The number of methoxy groups -OCH3 is 1. The van der Waals surface area contributed by atoms with Gasteiger partial charge in [0.1, 0.15) is 5.75 Å². The fourth-order valence-corrected chi connectivity index (χ4v) is 3.34. The number of nitrogens with one attached hydrogen (secondary N) is 1. The highest BCUT2D eigenvalue weighted by atomic mass is 32.2. The van der Waals surface area contributed by atoms with Crippen LogP contribution in [0, 0.1) is 6.92 Å². The van der Waals surface area contributed by atoms with Crippen LogP contribution in [0.3, 0.4) is 0 Å². The molecule has 1 aromatic heterocycles. The van der Waals surface area contributed by atoms with E-state index in [-0.39, 0.29) is 10.9 Å². The molecule has 0 fully saturated rings. The van der Waals surface area contributed by atoms with Crippen molar-refractivity contribution >= 4 is 10.0 Å². The van der Waals surface area contributed by atoms with Crippen LogP contribution in [0.25, 0.3) is 0 Å². The smallest absolute Gasteiger partial charge is 0.241 e. The van der Waals surface area contributed by atoms with Crippen LogP contribution in [0.5, 0.6) is 5.75 Å². The molecule has 1 atom stereocenters. The maximum atomic E-state index is 12.4. The van der Waals surface area contributed by atoms with Crippen molar-refractivity contribution < 1.29 is 13.2 Å². The number of sulfonamides is 1. The van der Waals surface area contributed by atoms with E-state index in [1.807, 2.05) is 13.0 Å². The van der Waals surface area contributed by atoms with E-state index in [4.69, 9.17) is 4.74 Å². The number of rotatable bonds is 5. The van der Waals surface area contributed by atoms with E-state index >= 15 is 0 Å². The maximum absolute atomic E-state index is 12.4. The molecule has 0 amide bonds. The molecule has 0 bridgehead atoms. The fourth-order valence-electron chi connectivity index (χ4n) is 2.02. The van der Waals surface area contributed by atoms with Gasteiger partial charge in [-0.3, -0.25) is 4.98 Å². The van der Waals surface area contributed by atoms with Gasteiger partial charge in [0.25, 0.3) is 0 Å². The van der Waals surface area contributed by atoms with E-state index in [0.29, 0.717) is 5.75 Å². The van der Waals surface area contributed by atoms with Gasteiger partial charge in [-0.15, -0.1) is 0 Å². The first-order valence-corrected chi connectivity index (χ1v) is 7.99. The number of benzene rings is 1. The minimum atomic E-state index is -3.59. The van der Waals surface area contributed by atoms with Gasteiger partial charge in [0.15, 0.2) is 0 Å². The number of aromatic nitrogens is 1. The molecule has 0 radical (unpaired) electrons. The molecule has 0 saturated heterocycles. The van der Waals surface area contributed by atoms with Gasteiger partial charge in [0, 0.05) is 18.4 Å². The van der Waals surface area contributed by atoms with Crippen LogP contribution >= 0.6 is 0 Å². The molecule has 0 aliphatic carbocycles. The zero-order valence-electron chi connectivity index (χ0n) is 12.2. The third-order valence-corrected chi connectivity index (χ3v) is 4.73. The molecule has 1 unspecified atom stereocenters. The Hall–Kier alpha value is -1.92. The molecule has 0 spiro atoms. The summed E-state index contributed by atoms with van der Waals surface area (Å²) in [5.74, 6) is 0.661. The minimum Gasteiger partial charge on any atom is -0.496 e. The Morgan fingerprint density at radius 2 is 2.05 bits per heavy atom. The average molecular weight is 306 g/mol. The number of nitrogens with zero attached hydrogens (tertiary/aromatic N) is 1. The van der Waals surface area contributed by atoms with Crippen LogP contribution < -0.4 is 9.46 Å². The molecule has 5 nitrogen and oxygen atoms in total. The van der Waals surface area contributed by atoms with Crippen LogP contribution in [0.2, 0.25) is 0 Å². The number of pyridine rings is 1. The Labute approximate surface area is 125 Å². The van der Waals surface area contributed by atoms with Gasteiger partial charge >= 0.3 is 0 Å². The summed E-state index contributed by atoms with van der Waals surface area (Å²) in [4.78, 5) is 4.21. The van der Waals surface area contributed by atoms with Crippen molar-refractivity contribution in [2.45, 2.75) is 24.8 Å². The molecular weight excluding hydrogens is 288 g/mol. The lowest BCUT2D eigenvalue weighted by molar-refractivity contribution is 0.411. The highest BCUT2D eigenvalue weighted by molar-refractivity contribution is 7.89. The summed E-state index contributed by atoms with van der Waals surface area (Å²) in [5.41, 5.74) is 1.58. The summed E-state index contributed by atoms with van der Waals surface area (Å²) < 4.78 is 32.6. The normalized spacial score (nSPS) is 12.9. The van der Waals surface area contributed by atoms with Crippen molar-refractivity contribution in [3.05, 3.63) is 53.9 Å². The molecule has 2 aromatic rings. The van der Waals surface area contributed by atoms with Gasteiger partial charge < -0.3 is 4.74 Å². The van der Waals surface area contributed by atoms with E-state index < -0.39 is 10.0 Å². The number of aryl methyl sites for hydroxylation is 1. The summed E-state index contributed by atoms with van der Waals surface area (Å²) in [6.45, 7) is 3.59. The Bertz CT molecular complexity index is 715. The predicted molar refractivity (Wildman–Crippen MR) is 80.7 cm³/mol. The fraction of sp³-hybridized carbons (Fsp3) is 0.267. The Morgan fingerprint density at radius 3 is 2.62 bits per heavy atom. The minimum absolute atomic E-state index is 0.219. The molecular formula is C15H18N2O3S.